The number of rotatable bonds is 5. The second-order valence-electron chi connectivity index (χ2n) is 6.91. The predicted molar refractivity (Wildman–Crippen MR) is 89.2 cm³/mol. The van der Waals surface area contributed by atoms with E-state index in [1.165, 1.54) is 25.9 Å². The predicted octanol–water partition coefficient (Wildman–Crippen LogP) is 2.35. The van der Waals surface area contributed by atoms with E-state index in [1.807, 2.05) is 13.1 Å². The SMILES string of the molecule is CNc1cc(N(C)CCN2CCCC2)nc(C(C)(C)C)n1. The van der Waals surface area contributed by atoms with Crippen molar-refractivity contribution < 1.29 is 0 Å². The van der Waals surface area contributed by atoms with Crippen LogP contribution in [0.25, 0.3) is 0 Å². The number of likely N-dealkylation sites (N-methyl/N-ethyl adjacent to an activating group) is 1. The van der Waals surface area contributed by atoms with Crippen molar-refractivity contribution >= 4 is 11.6 Å². The molecule has 0 atom stereocenters. The Bertz CT molecular complexity index is 460. The monoisotopic (exact) mass is 291 g/mol. The standard InChI is InChI=1S/C16H29N5/c1-16(2,3)15-18-13(17-4)12-14(19-15)20(5)10-11-21-8-6-7-9-21/h12H,6-11H2,1-5H3,(H,17,18,19). The fourth-order valence-electron chi connectivity index (χ4n) is 2.51. The molecule has 5 heteroatoms. The lowest BCUT2D eigenvalue weighted by atomic mass is 9.96. The number of likely N-dealkylation sites (tertiary alicyclic amines) is 1. The largest absolute Gasteiger partial charge is 0.373 e. The maximum Gasteiger partial charge on any atom is 0.138 e. The molecule has 1 N–H and O–H groups in total. The molecule has 1 aliphatic heterocycles. The van der Waals surface area contributed by atoms with Crippen molar-refractivity contribution in [1.82, 2.24) is 14.9 Å². The molecule has 2 rings (SSSR count). The van der Waals surface area contributed by atoms with Crippen molar-refractivity contribution in [3.8, 4) is 0 Å². The van der Waals surface area contributed by atoms with E-state index < -0.39 is 0 Å². The van der Waals surface area contributed by atoms with Gasteiger partial charge in [0.25, 0.3) is 0 Å². The van der Waals surface area contributed by atoms with Gasteiger partial charge >= 0.3 is 0 Å². The molecule has 1 aromatic rings. The molecular weight excluding hydrogens is 262 g/mol. The third-order valence-electron chi connectivity index (χ3n) is 3.98. The van der Waals surface area contributed by atoms with E-state index in [-0.39, 0.29) is 5.41 Å². The van der Waals surface area contributed by atoms with Gasteiger partial charge in [-0.2, -0.15) is 0 Å². The van der Waals surface area contributed by atoms with Crippen LogP contribution in [0.5, 0.6) is 0 Å². The fourth-order valence-corrected chi connectivity index (χ4v) is 2.51. The molecule has 2 heterocycles. The van der Waals surface area contributed by atoms with Crippen LogP contribution in [-0.2, 0) is 5.41 Å². The number of nitrogens with zero attached hydrogens (tertiary/aromatic N) is 4. The minimum Gasteiger partial charge on any atom is -0.373 e. The van der Waals surface area contributed by atoms with Crippen LogP contribution in [0, 0.1) is 0 Å². The maximum absolute atomic E-state index is 4.75. The summed E-state index contributed by atoms with van der Waals surface area (Å²) in [6, 6.07) is 2.03. The lowest BCUT2D eigenvalue weighted by Crippen LogP contribution is -2.32. The Hall–Kier alpha value is -1.36. The molecule has 1 saturated heterocycles. The van der Waals surface area contributed by atoms with Gasteiger partial charge in [-0.3, -0.25) is 0 Å². The Morgan fingerprint density at radius 1 is 1.24 bits per heavy atom. The first-order valence-corrected chi connectivity index (χ1v) is 7.91. The van der Waals surface area contributed by atoms with Crippen LogP contribution in [0.4, 0.5) is 11.6 Å². The van der Waals surface area contributed by atoms with Gasteiger partial charge in [0, 0.05) is 38.7 Å². The van der Waals surface area contributed by atoms with Crippen LogP contribution in [-0.4, -0.2) is 55.1 Å². The Labute approximate surface area is 128 Å². The van der Waals surface area contributed by atoms with Gasteiger partial charge in [-0.1, -0.05) is 20.8 Å². The Morgan fingerprint density at radius 3 is 2.48 bits per heavy atom. The molecule has 5 nitrogen and oxygen atoms in total. The van der Waals surface area contributed by atoms with Crippen molar-refractivity contribution in [2.24, 2.45) is 0 Å². The average molecular weight is 291 g/mol. The van der Waals surface area contributed by atoms with Gasteiger partial charge < -0.3 is 15.1 Å². The normalized spacial score (nSPS) is 16.2. The van der Waals surface area contributed by atoms with Crippen molar-refractivity contribution in [1.29, 1.82) is 0 Å². The number of nitrogens with one attached hydrogen (secondary N) is 1. The van der Waals surface area contributed by atoms with Crippen LogP contribution in [0.2, 0.25) is 0 Å². The zero-order chi connectivity index (χ0) is 15.5. The van der Waals surface area contributed by atoms with E-state index in [0.29, 0.717) is 0 Å². The van der Waals surface area contributed by atoms with Gasteiger partial charge in [-0.15, -0.1) is 0 Å². The summed E-state index contributed by atoms with van der Waals surface area (Å²) in [6.45, 7) is 11.0. The second kappa shape index (κ2) is 6.60. The third-order valence-corrected chi connectivity index (χ3v) is 3.98. The van der Waals surface area contributed by atoms with Crippen LogP contribution >= 0.6 is 0 Å². The maximum atomic E-state index is 4.75. The average Bonchev–Trinajstić information content (AvgIpc) is 2.96. The topological polar surface area (TPSA) is 44.3 Å². The number of aromatic nitrogens is 2. The van der Waals surface area contributed by atoms with E-state index in [1.54, 1.807) is 0 Å². The van der Waals surface area contributed by atoms with Crippen molar-refractivity contribution in [2.45, 2.75) is 39.0 Å². The fraction of sp³-hybridized carbons (Fsp3) is 0.750. The van der Waals surface area contributed by atoms with E-state index in [4.69, 9.17) is 4.98 Å². The summed E-state index contributed by atoms with van der Waals surface area (Å²) in [5.74, 6) is 2.77. The van der Waals surface area contributed by atoms with Crippen LogP contribution < -0.4 is 10.2 Å². The summed E-state index contributed by atoms with van der Waals surface area (Å²) in [5, 5.41) is 3.14. The minimum atomic E-state index is -0.0442. The lowest BCUT2D eigenvalue weighted by Gasteiger charge is -2.25. The first kappa shape index (κ1) is 16.0. The first-order chi connectivity index (χ1) is 9.90. The van der Waals surface area contributed by atoms with Gasteiger partial charge in [0.2, 0.25) is 0 Å². The summed E-state index contributed by atoms with van der Waals surface area (Å²) in [7, 11) is 4.02. The second-order valence-corrected chi connectivity index (χ2v) is 6.91. The molecule has 1 fully saturated rings. The minimum absolute atomic E-state index is 0.0442. The van der Waals surface area contributed by atoms with Crippen LogP contribution in [0.15, 0.2) is 6.07 Å². The lowest BCUT2D eigenvalue weighted by molar-refractivity contribution is 0.346. The smallest absolute Gasteiger partial charge is 0.138 e. The van der Waals surface area contributed by atoms with Gasteiger partial charge in [-0.05, 0) is 25.9 Å². The van der Waals surface area contributed by atoms with E-state index in [2.05, 4.69) is 47.9 Å². The highest BCUT2D eigenvalue weighted by atomic mass is 15.2. The molecular formula is C16H29N5. The van der Waals surface area contributed by atoms with Gasteiger partial charge in [0.15, 0.2) is 0 Å². The highest BCUT2D eigenvalue weighted by molar-refractivity contribution is 5.49. The Balaban J connectivity index is 2.09. The Kier molecular flexibility index (Phi) is 5.04. The summed E-state index contributed by atoms with van der Waals surface area (Å²) in [4.78, 5) is 14.1. The van der Waals surface area contributed by atoms with Crippen molar-refractivity contribution in [3.05, 3.63) is 11.9 Å². The summed E-state index contributed by atoms with van der Waals surface area (Å²) >= 11 is 0. The highest BCUT2D eigenvalue weighted by Gasteiger charge is 2.20. The molecule has 0 saturated carbocycles. The van der Waals surface area contributed by atoms with Crippen molar-refractivity contribution in [2.75, 3.05) is 50.5 Å². The van der Waals surface area contributed by atoms with Crippen LogP contribution in [0.1, 0.15) is 39.4 Å². The molecule has 0 radical (unpaired) electrons. The molecule has 1 aliphatic rings. The zero-order valence-electron chi connectivity index (χ0n) is 14.1. The van der Waals surface area contributed by atoms with E-state index in [9.17, 15) is 0 Å². The third kappa shape index (κ3) is 4.30. The van der Waals surface area contributed by atoms with Crippen molar-refractivity contribution in [3.63, 3.8) is 0 Å². The van der Waals surface area contributed by atoms with Gasteiger partial charge in [-0.25, -0.2) is 9.97 Å². The Morgan fingerprint density at radius 2 is 1.90 bits per heavy atom. The highest BCUT2D eigenvalue weighted by Crippen LogP contribution is 2.23. The molecule has 0 spiro atoms. The quantitative estimate of drug-likeness (QED) is 0.902. The zero-order valence-corrected chi connectivity index (χ0v) is 14.1. The molecule has 0 unspecified atom stereocenters. The summed E-state index contributed by atoms with van der Waals surface area (Å²) < 4.78 is 0. The summed E-state index contributed by atoms with van der Waals surface area (Å²) in [6.07, 6.45) is 2.69. The number of hydrogen-bond donors (Lipinski definition) is 1. The first-order valence-electron chi connectivity index (χ1n) is 7.91. The van der Waals surface area contributed by atoms with E-state index in [0.717, 1.165) is 30.5 Å². The number of anilines is 2. The molecule has 118 valence electrons. The molecule has 0 amide bonds. The molecule has 0 aromatic carbocycles. The summed E-state index contributed by atoms with van der Waals surface area (Å²) in [5.41, 5.74) is -0.0442. The number of hydrogen-bond acceptors (Lipinski definition) is 5. The molecule has 0 aliphatic carbocycles. The van der Waals surface area contributed by atoms with Gasteiger partial charge in [0.05, 0.1) is 0 Å². The van der Waals surface area contributed by atoms with Crippen LogP contribution in [0.3, 0.4) is 0 Å². The molecule has 21 heavy (non-hydrogen) atoms. The van der Waals surface area contributed by atoms with Gasteiger partial charge in [0.1, 0.15) is 17.5 Å². The molecule has 1 aromatic heterocycles. The molecule has 0 bridgehead atoms. The van der Waals surface area contributed by atoms with E-state index >= 15 is 0 Å².